The third-order valence-electron chi connectivity index (χ3n) is 8.24. The smallest absolute Gasteiger partial charge is 0.274 e. The third kappa shape index (κ3) is 5.46. The number of carbonyl (C=O) groups excluding carboxylic acids is 2. The number of nitrogens with one attached hydrogen (secondary N) is 2. The summed E-state index contributed by atoms with van der Waals surface area (Å²) in [6.07, 6.45) is 3.54. The number of phenolic OH excluding ortho intramolecular Hbond substituents is 1. The van der Waals surface area contributed by atoms with Crippen LogP contribution in [0.4, 0.5) is 11.5 Å². The van der Waals surface area contributed by atoms with Crippen LogP contribution in [0.25, 0.3) is 21.7 Å². The van der Waals surface area contributed by atoms with Crippen molar-refractivity contribution in [2.75, 3.05) is 22.6 Å². The molecule has 0 bridgehead atoms. The molecule has 0 fully saturated rings. The summed E-state index contributed by atoms with van der Waals surface area (Å²) in [6.45, 7) is 8.62. The van der Waals surface area contributed by atoms with Gasteiger partial charge in [0.2, 0.25) is 0 Å². The topological polar surface area (TPSA) is 108 Å². The maximum Gasteiger partial charge on any atom is 0.274 e. The number of aromatic nitrogens is 2. The fourth-order valence-corrected chi connectivity index (χ4v) is 6.46. The van der Waals surface area contributed by atoms with Gasteiger partial charge in [0.25, 0.3) is 11.8 Å². The summed E-state index contributed by atoms with van der Waals surface area (Å²) in [6, 6.07) is 18.0. The van der Waals surface area contributed by atoms with E-state index >= 15 is 0 Å². The summed E-state index contributed by atoms with van der Waals surface area (Å²) >= 11 is 6.40. The van der Waals surface area contributed by atoms with Gasteiger partial charge in [-0.3, -0.25) is 9.59 Å². The summed E-state index contributed by atoms with van der Waals surface area (Å²) in [4.78, 5) is 36.0. The molecule has 1 unspecified atom stereocenters. The average Bonchev–Trinajstić information content (AvgIpc) is 3.58. The maximum absolute atomic E-state index is 13.8. The van der Waals surface area contributed by atoms with Crippen LogP contribution >= 0.6 is 11.6 Å². The lowest BCUT2D eigenvalue weighted by Gasteiger charge is -2.26. The maximum atomic E-state index is 13.8. The number of benzene rings is 3. The number of nitrogens with zero attached hydrogens (tertiary/aromatic N) is 2. The summed E-state index contributed by atoms with van der Waals surface area (Å²) in [5, 5.41) is 16.1. The Morgan fingerprint density at radius 3 is 2.66 bits per heavy atom. The minimum atomic E-state index is -0.300. The predicted molar refractivity (Wildman–Crippen MR) is 176 cm³/mol. The number of carbonyl (C=O) groups is 2. The second-order valence-electron chi connectivity index (χ2n) is 12.0. The van der Waals surface area contributed by atoms with Gasteiger partial charge < -0.3 is 25.0 Å². The van der Waals surface area contributed by atoms with E-state index in [2.05, 4.69) is 22.2 Å². The minimum Gasteiger partial charge on any atom is -0.507 e. The van der Waals surface area contributed by atoms with E-state index in [1.807, 2.05) is 39.0 Å². The van der Waals surface area contributed by atoms with Gasteiger partial charge >= 0.3 is 0 Å². The van der Waals surface area contributed by atoms with Crippen LogP contribution < -0.4 is 15.0 Å². The number of alkyl halides is 1. The van der Waals surface area contributed by atoms with Crippen LogP contribution in [0.2, 0.25) is 0 Å². The molecule has 1 atom stereocenters. The van der Waals surface area contributed by atoms with E-state index in [-0.39, 0.29) is 29.1 Å². The first-order chi connectivity index (χ1) is 21.1. The van der Waals surface area contributed by atoms with Crippen molar-refractivity contribution in [2.45, 2.75) is 52.1 Å². The van der Waals surface area contributed by atoms with E-state index in [9.17, 15) is 14.7 Å². The number of pyridine rings is 1. The molecule has 3 aromatic carbocycles. The Morgan fingerprint density at radius 2 is 1.93 bits per heavy atom. The van der Waals surface area contributed by atoms with Crippen molar-refractivity contribution in [2.24, 2.45) is 0 Å². The molecule has 44 heavy (non-hydrogen) atoms. The number of anilines is 2. The number of rotatable bonds is 8. The van der Waals surface area contributed by atoms with E-state index in [0.717, 1.165) is 40.1 Å². The van der Waals surface area contributed by atoms with Crippen LogP contribution in [0.5, 0.6) is 11.5 Å². The minimum absolute atomic E-state index is 0.0730. The van der Waals surface area contributed by atoms with E-state index in [1.54, 1.807) is 53.6 Å². The molecule has 2 amide bonds. The SMILES string of the molecule is CCCC(C)(C)Oc1ccc(C(=O)Nc2cc3cc(C(=O)N4CC(CCl)c5c4cc(O)c4cccc(C)c54)[nH]c3cn2)cc1. The van der Waals surface area contributed by atoms with Crippen molar-refractivity contribution in [1.82, 2.24) is 9.97 Å². The van der Waals surface area contributed by atoms with Gasteiger partial charge in [-0.1, -0.05) is 31.5 Å². The molecular weight excluding hydrogens is 576 g/mol. The highest BCUT2D eigenvalue weighted by Gasteiger charge is 2.36. The van der Waals surface area contributed by atoms with Crippen LogP contribution in [0.3, 0.4) is 0 Å². The highest BCUT2D eigenvalue weighted by atomic mass is 35.5. The highest BCUT2D eigenvalue weighted by Crippen LogP contribution is 2.46. The number of hydrogen-bond donors (Lipinski definition) is 3. The number of hydrogen-bond acceptors (Lipinski definition) is 5. The lowest BCUT2D eigenvalue weighted by Crippen LogP contribution is -2.30. The Kier molecular flexibility index (Phi) is 7.72. The molecule has 6 rings (SSSR count). The molecule has 0 spiro atoms. The Morgan fingerprint density at radius 1 is 1.16 bits per heavy atom. The molecule has 226 valence electrons. The third-order valence-corrected chi connectivity index (χ3v) is 8.61. The molecule has 5 aromatic rings. The number of halogens is 1. The number of phenols is 1. The monoisotopic (exact) mass is 610 g/mol. The second kappa shape index (κ2) is 11.5. The molecule has 2 aromatic heterocycles. The standard InChI is InChI=1S/C35H35ClN4O4/c1-5-13-35(3,4)44-24-11-9-21(10-12-24)33(42)39-30-15-22-14-26(38-27(22)18-37-30)34(43)40-19-23(17-36)32-28(40)16-29(41)25-8-6-7-20(2)31(25)32/h6-12,14-16,18,23,38,41H,5,13,17,19H2,1-4H3,(H,37,39,42). The normalized spacial score (nSPS) is 14.7. The molecule has 0 saturated heterocycles. The fraction of sp³-hybridized carbons (Fsp3) is 0.286. The van der Waals surface area contributed by atoms with Crippen molar-refractivity contribution in [1.29, 1.82) is 0 Å². The molecule has 0 aliphatic carbocycles. The van der Waals surface area contributed by atoms with E-state index in [0.29, 0.717) is 46.5 Å². The van der Waals surface area contributed by atoms with Gasteiger partial charge in [0, 0.05) is 40.7 Å². The lowest BCUT2D eigenvalue weighted by atomic mass is 9.92. The van der Waals surface area contributed by atoms with Crippen LogP contribution in [-0.2, 0) is 0 Å². The largest absolute Gasteiger partial charge is 0.507 e. The number of amides is 2. The fourth-order valence-electron chi connectivity index (χ4n) is 6.21. The van der Waals surface area contributed by atoms with Crippen molar-refractivity contribution in [3.05, 3.63) is 89.2 Å². The van der Waals surface area contributed by atoms with Gasteiger partial charge in [0.1, 0.15) is 28.6 Å². The summed E-state index contributed by atoms with van der Waals surface area (Å²) in [5.41, 5.74) is 3.88. The molecule has 1 aliphatic heterocycles. The van der Waals surface area contributed by atoms with E-state index in [4.69, 9.17) is 16.3 Å². The first kappa shape index (κ1) is 29.5. The zero-order valence-electron chi connectivity index (χ0n) is 25.2. The average molecular weight is 611 g/mol. The lowest BCUT2D eigenvalue weighted by molar-refractivity contribution is 0.0977. The van der Waals surface area contributed by atoms with Crippen LogP contribution in [0.15, 0.2) is 66.9 Å². The Bertz CT molecular complexity index is 1900. The predicted octanol–water partition coefficient (Wildman–Crippen LogP) is 7.92. The highest BCUT2D eigenvalue weighted by molar-refractivity contribution is 6.19. The number of aromatic amines is 1. The van der Waals surface area contributed by atoms with Gasteiger partial charge in [-0.2, -0.15) is 0 Å². The van der Waals surface area contributed by atoms with Gasteiger partial charge in [-0.25, -0.2) is 4.98 Å². The van der Waals surface area contributed by atoms with Crippen molar-refractivity contribution in [3.63, 3.8) is 0 Å². The Balaban J connectivity index is 1.22. The first-order valence-corrected chi connectivity index (χ1v) is 15.3. The van der Waals surface area contributed by atoms with Gasteiger partial charge in [-0.15, -0.1) is 11.6 Å². The molecule has 8 nitrogen and oxygen atoms in total. The van der Waals surface area contributed by atoms with Gasteiger partial charge in [0.05, 0.1) is 17.4 Å². The van der Waals surface area contributed by atoms with Crippen LogP contribution in [-0.4, -0.2) is 44.9 Å². The summed E-state index contributed by atoms with van der Waals surface area (Å²) in [5.74, 6) is 0.932. The number of fused-ring (bicyclic) bond motifs is 4. The molecular formula is C35H35ClN4O4. The molecule has 1 aliphatic rings. The zero-order chi connectivity index (χ0) is 31.2. The molecule has 3 N–H and O–H groups in total. The van der Waals surface area contributed by atoms with E-state index in [1.165, 1.54) is 0 Å². The van der Waals surface area contributed by atoms with Crippen molar-refractivity contribution < 1.29 is 19.4 Å². The Hall–Kier alpha value is -4.56. The van der Waals surface area contributed by atoms with Crippen LogP contribution in [0.1, 0.15) is 71.5 Å². The first-order valence-electron chi connectivity index (χ1n) is 14.8. The van der Waals surface area contributed by atoms with E-state index < -0.39 is 0 Å². The second-order valence-corrected chi connectivity index (χ2v) is 12.3. The molecule has 3 heterocycles. The molecule has 0 saturated carbocycles. The van der Waals surface area contributed by atoms with Gasteiger partial charge in [-0.05, 0) is 80.1 Å². The summed E-state index contributed by atoms with van der Waals surface area (Å²) < 4.78 is 6.07. The quantitative estimate of drug-likeness (QED) is 0.155. The molecule has 9 heteroatoms. The van der Waals surface area contributed by atoms with Crippen molar-refractivity contribution in [3.8, 4) is 11.5 Å². The van der Waals surface area contributed by atoms with Gasteiger partial charge in [0.15, 0.2) is 0 Å². The Labute approximate surface area is 261 Å². The van der Waals surface area contributed by atoms with Crippen LogP contribution in [0, 0.1) is 6.92 Å². The molecule has 0 radical (unpaired) electrons. The number of H-pyrrole nitrogens is 1. The number of aryl methyl sites for hydroxylation is 1. The van der Waals surface area contributed by atoms with Crippen molar-refractivity contribution >= 4 is 56.6 Å². The number of aromatic hydroxyl groups is 1. The zero-order valence-corrected chi connectivity index (χ0v) is 26.0. The summed E-state index contributed by atoms with van der Waals surface area (Å²) in [7, 11) is 0. The number of ether oxygens (including phenoxy) is 1.